The first kappa shape index (κ1) is 11.1. The highest BCUT2D eigenvalue weighted by molar-refractivity contribution is 5.91. The SMILES string of the molecule is C/C=C/NC(=O)Nc1cc(C)ccc1O. The summed E-state index contributed by atoms with van der Waals surface area (Å²) in [7, 11) is 0. The third-order valence-corrected chi connectivity index (χ3v) is 1.78. The molecule has 0 aliphatic heterocycles. The number of hydrogen-bond acceptors (Lipinski definition) is 2. The quantitative estimate of drug-likeness (QED) is 0.650. The molecule has 0 aliphatic carbocycles. The Morgan fingerprint density at radius 3 is 2.87 bits per heavy atom. The minimum Gasteiger partial charge on any atom is -0.506 e. The maximum absolute atomic E-state index is 11.3. The van der Waals surface area contributed by atoms with Crippen molar-refractivity contribution in [3.63, 3.8) is 0 Å². The molecule has 1 rings (SSSR count). The lowest BCUT2D eigenvalue weighted by atomic mass is 10.2. The van der Waals surface area contributed by atoms with Gasteiger partial charge in [0.25, 0.3) is 0 Å². The van der Waals surface area contributed by atoms with Crippen LogP contribution in [0.4, 0.5) is 10.5 Å². The highest BCUT2D eigenvalue weighted by Crippen LogP contribution is 2.23. The molecule has 4 heteroatoms. The first-order valence-electron chi connectivity index (χ1n) is 4.62. The maximum atomic E-state index is 11.3. The van der Waals surface area contributed by atoms with Gasteiger partial charge in [-0.3, -0.25) is 0 Å². The number of urea groups is 1. The summed E-state index contributed by atoms with van der Waals surface area (Å²) in [6.45, 7) is 3.68. The Morgan fingerprint density at radius 1 is 1.47 bits per heavy atom. The van der Waals surface area contributed by atoms with Crippen LogP contribution in [0.5, 0.6) is 5.75 Å². The van der Waals surface area contributed by atoms with Gasteiger partial charge in [-0.25, -0.2) is 4.79 Å². The fraction of sp³-hybridized carbons (Fsp3) is 0.182. The largest absolute Gasteiger partial charge is 0.506 e. The Kier molecular flexibility index (Phi) is 3.74. The third kappa shape index (κ3) is 3.34. The van der Waals surface area contributed by atoms with E-state index in [9.17, 15) is 9.90 Å². The first-order chi connectivity index (χ1) is 7.13. The highest BCUT2D eigenvalue weighted by Gasteiger charge is 2.04. The van der Waals surface area contributed by atoms with Crippen LogP contribution >= 0.6 is 0 Å². The molecule has 0 bridgehead atoms. The number of phenolic OH excluding ortho intramolecular Hbond substituents is 1. The average molecular weight is 206 g/mol. The minimum absolute atomic E-state index is 0.0521. The molecule has 0 saturated carbocycles. The number of carbonyl (C=O) groups is 1. The number of benzene rings is 1. The molecule has 0 aliphatic rings. The molecule has 2 amide bonds. The van der Waals surface area contributed by atoms with Crippen molar-refractivity contribution in [1.29, 1.82) is 0 Å². The van der Waals surface area contributed by atoms with Gasteiger partial charge in [0.05, 0.1) is 5.69 Å². The van der Waals surface area contributed by atoms with Crippen LogP contribution in [0.3, 0.4) is 0 Å². The van der Waals surface area contributed by atoms with Gasteiger partial charge >= 0.3 is 6.03 Å². The van der Waals surface area contributed by atoms with Crippen molar-refractivity contribution in [2.75, 3.05) is 5.32 Å². The molecule has 0 radical (unpaired) electrons. The van der Waals surface area contributed by atoms with E-state index in [4.69, 9.17) is 0 Å². The van der Waals surface area contributed by atoms with Crippen LogP contribution in [0.25, 0.3) is 0 Å². The van der Waals surface area contributed by atoms with Crippen LogP contribution < -0.4 is 10.6 Å². The number of nitrogens with one attached hydrogen (secondary N) is 2. The van der Waals surface area contributed by atoms with Crippen LogP contribution in [-0.2, 0) is 0 Å². The Balaban J connectivity index is 2.71. The predicted molar refractivity (Wildman–Crippen MR) is 59.8 cm³/mol. The van der Waals surface area contributed by atoms with E-state index in [1.54, 1.807) is 31.2 Å². The number of allylic oxidation sites excluding steroid dienone is 1. The van der Waals surface area contributed by atoms with Crippen molar-refractivity contribution >= 4 is 11.7 Å². The molecule has 1 aromatic carbocycles. The lowest BCUT2D eigenvalue weighted by molar-refractivity contribution is 0.255. The average Bonchev–Trinajstić information content (AvgIpc) is 2.20. The third-order valence-electron chi connectivity index (χ3n) is 1.78. The van der Waals surface area contributed by atoms with Crippen LogP contribution in [0, 0.1) is 6.92 Å². The van der Waals surface area contributed by atoms with Crippen molar-refractivity contribution in [2.24, 2.45) is 0 Å². The second-order valence-electron chi connectivity index (χ2n) is 3.12. The zero-order valence-electron chi connectivity index (χ0n) is 8.74. The van der Waals surface area contributed by atoms with Gasteiger partial charge < -0.3 is 15.7 Å². The molecule has 0 spiro atoms. The lowest BCUT2D eigenvalue weighted by Crippen LogP contribution is -2.23. The first-order valence-corrected chi connectivity index (χ1v) is 4.62. The molecule has 15 heavy (non-hydrogen) atoms. The summed E-state index contributed by atoms with van der Waals surface area (Å²) < 4.78 is 0. The summed E-state index contributed by atoms with van der Waals surface area (Å²) in [6.07, 6.45) is 3.22. The fourth-order valence-electron chi connectivity index (χ4n) is 1.07. The zero-order valence-corrected chi connectivity index (χ0v) is 8.74. The van der Waals surface area contributed by atoms with Gasteiger partial charge in [-0.2, -0.15) is 0 Å². The molecular weight excluding hydrogens is 192 g/mol. The Labute approximate surface area is 88.6 Å². The predicted octanol–water partition coefficient (Wildman–Crippen LogP) is 2.36. The van der Waals surface area contributed by atoms with E-state index in [-0.39, 0.29) is 11.8 Å². The molecule has 0 saturated heterocycles. The molecule has 0 fully saturated rings. The van der Waals surface area contributed by atoms with Gasteiger partial charge in [0.2, 0.25) is 0 Å². The van der Waals surface area contributed by atoms with Crippen molar-refractivity contribution in [3.05, 3.63) is 36.0 Å². The second-order valence-corrected chi connectivity index (χ2v) is 3.12. The van der Waals surface area contributed by atoms with E-state index in [0.29, 0.717) is 5.69 Å². The smallest absolute Gasteiger partial charge is 0.323 e. The standard InChI is InChI=1S/C11H14N2O2/c1-3-6-12-11(15)13-9-7-8(2)4-5-10(9)14/h3-7,14H,1-2H3,(H2,12,13,15)/b6-3+. The number of phenols is 1. The molecule has 0 aromatic heterocycles. The van der Waals surface area contributed by atoms with Gasteiger partial charge in [-0.05, 0) is 31.5 Å². The van der Waals surface area contributed by atoms with E-state index >= 15 is 0 Å². The Bertz CT molecular complexity index is 386. The van der Waals surface area contributed by atoms with Gasteiger partial charge in [-0.15, -0.1) is 0 Å². The van der Waals surface area contributed by atoms with Gasteiger partial charge in [0, 0.05) is 6.20 Å². The number of aromatic hydroxyl groups is 1. The van der Waals surface area contributed by atoms with Crippen molar-refractivity contribution in [1.82, 2.24) is 5.32 Å². The second kappa shape index (κ2) is 5.05. The number of anilines is 1. The molecule has 0 unspecified atom stereocenters. The normalized spacial score (nSPS) is 10.3. The van der Waals surface area contributed by atoms with E-state index in [1.165, 1.54) is 6.20 Å². The Hall–Kier alpha value is -1.97. The molecule has 0 heterocycles. The molecule has 0 atom stereocenters. The molecule has 80 valence electrons. The van der Waals surface area contributed by atoms with Crippen molar-refractivity contribution < 1.29 is 9.90 Å². The number of hydrogen-bond donors (Lipinski definition) is 3. The number of aryl methyl sites for hydroxylation is 1. The fourth-order valence-corrected chi connectivity index (χ4v) is 1.07. The molecule has 1 aromatic rings. The topological polar surface area (TPSA) is 61.4 Å². The van der Waals surface area contributed by atoms with E-state index in [2.05, 4.69) is 10.6 Å². The monoisotopic (exact) mass is 206 g/mol. The molecule has 3 N–H and O–H groups in total. The van der Waals surface area contributed by atoms with Crippen LogP contribution in [0.1, 0.15) is 12.5 Å². The summed E-state index contributed by atoms with van der Waals surface area (Å²) in [5, 5.41) is 14.5. The van der Waals surface area contributed by atoms with Gasteiger partial charge in [0.15, 0.2) is 0 Å². The number of carbonyl (C=O) groups excluding carboxylic acids is 1. The summed E-state index contributed by atoms with van der Waals surface area (Å²) >= 11 is 0. The molecule has 4 nitrogen and oxygen atoms in total. The van der Waals surface area contributed by atoms with Crippen molar-refractivity contribution in [3.8, 4) is 5.75 Å². The summed E-state index contributed by atoms with van der Waals surface area (Å²) in [4.78, 5) is 11.3. The van der Waals surface area contributed by atoms with Gasteiger partial charge in [-0.1, -0.05) is 12.1 Å². The summed E-state index contributed by atoms with van der Waals surface area (Å²) in [6, 6.07) is 4.63. The zero-order chi connectivity index (χ0) is 11.3. The lowest BCUT2D eigenvalue weighted by Gasteiger charge is -2.07. The highest BCUT2D eigenvalue weighted by atomic mass is 16.3. The van der Waals surface area contributed by atoms with Gasteiger partial charge in [0.1, 0.15) is 5.75 Å². The van der Waals surface area contributed by atoms with E-state index in [0.717, 1.165) is 5.56 Å². The van der Waals surface area contributed by atoms with Crippen LogP contribution in [-0.4, -0.2) is 11.1 Å². The van der Waals surface area contributed by atoms with E-state index in [1.807, 2.05) is 6.92 Å². The summed E-state index contributed by atoms with van der Waals surface area (Å²) in [5.74, 6) is 0.0521. The maximum Gasteiger partial charge on any atom is 0.323 e. The van der Waals surface area contributed by atoms with Crippen LogP contribution in [0.15, 0.2) is 30.5 Å². The van der Waals surface area contributed by atoms with Crippen LogP contribution in [0.2, 0.25) is 0 Å². The van der Waals surface area contributed by atoms with E-state index < -0.39 is 0 Å². The minimum atomic E-state index is -0.381. The van der Waals surface area contributed by atoms with Crippen molar-refractivity contribution in [2.45, 2.75) is 13.8 Å². The summed E-state index contributed by atoms with van der Waals surface area (Å²) in [5.41, 5.74) is 1.37. The Morgan fingerprint density at radius 2 is 2.20 bits per heavy atom. The molecular formula is C11H14N2O2. The number of rotatable bonds is 2. The number of amides is 2.